The maximum atomic E-state index is 3.70. The molecule has 0 spiro atoms. The molecule has 14 heavy (non-hydrogen) atoms. The van der Waals surface area contributed by atoms with Crippen LogP contribution in [0.5, 0.6) is 0 Å². The molecule has 2 aliphatic rings. The van der Waals surface area contributed by atoms with Crippen LogP contribution in [0.4, 0.5) is 0 Å². The second kappa shape index (κ2) is 2.83. The predicted octanol–water partition coefficient (Wildman–Crippen LogP) is 3.04. The Kier molecular flexibility index (Phi) is 1.80. The largest absolute Gasteiger partial charge is 0.309 e. The molecule has 0 radical (unpaired) electrons. The van der Waals surface area contributed by atoms with Crippen molar-refractivity contribution in [1.29, 1.82) is 0 Å². The van der Waals surface area contributed by atoms with Gasteiger partial charge in [-0.2, -0.15) is 0 Å². The molecule has 1 N–H and O–H groups in total. The van der Waals surface area contributed by atoms with E-state index in [0.29, 0.717) is 11.5 Å². The smallest absolute Gasteiger partial charge is 0.0475 e. The van der Waals surface area contributed by atoms with Crippen LogP contribution in [0.2, 0.25) is 0 Å². The Morgan fingerprint density at radius 1 is 1.57 bits per heavy atom. The average molecular weight is 207 g/mol. The zero-order chi connectivity index (χ0) is 9.76. The molecule has 1 saturated heterocycles. The highest BCUT2D eigenvalue weighted by Crippen LogP contribution is 2.52. The molecule has 1 nitrogen and oxygen atoms in total. The van der Waals surface area contributed by atoms with Crippen LogP contribution in [0.15, 0.2) is 6.07 Å². The molecule has 2 atom stereocenters. The maximum Gasteiger partial charge on any atom is 0.0475 e. The maximum absolute atomic E-state index is 3.70. The summed E-state index contributed by atoms with van der Waals surface area (Å²) in [7, 11) is 0. The van der Waals surface area contributed by atoms with Gasteiger partial charge in [0.15, 0.2) is 0 Å². The molecule has 1 aromatic rings. The van der Waals surface area contributed by atoms with Crippen LogP contribution in [0.25, 0.3) is 0 Å². The molecule has 0 bridgehead atoms. The van der Waals surface area contributed by atoms with Gasteiger partial charge in [0, 0.05) is 15.8 Å². The van der Waals surface area contributed by atoms with E-state index in [9.17, 15) is 0 Å². The van der Waals surface area contributed by atoms with Gasteiger partial charge in [0.05, 0.1) is 0 Å². The van der Waals surface area contributed by atoms with E-state index in [-0.39, 0.29) is 0 Å². The molecule has 0 unspecified atom stereocenters. The Balaban J connectivity index is 2.04. The van der Waals surface area contributed by atoms with E-state index in [1.165, 1.54) is 30.7 Å². The molecule has 1 fully saturated rings. The number of rotatable bonds is 0. The van der Waals surface area contributed by atoms with Crippen LogP contribution in [-0.2, 0) is 6.42 Å². The standard InChI is InChI=1S/C12H17NS/c1-8-6-9-7-12(2)4-3-5-13-11(12)10(9)14-8/h6,11,13H,3-5,7H2,1-2H3/t11-,12+/m1/s1. The number of hydrogen-bond acceptors (Lipinski definition) is 2. The minimum absolute atomic E-state index is 0.521. The molecule has 0 saturated carbocycles. The van der Waals surface area contributed by atoms with Gasteiger partial charge < -0.3 is 5.32 Å². The van der Waals surface area contributed by atoms with Crippen molar-refractivity contribution in [1.82, 2.24) is 5.32 Å². The number of nitrogens with one attached hydrogen (secondary N) is 1. The van der Waals surface area contributed by atoms with Crippen molar-refractivity contribution >= 4 is 11.3 Å². The van der Waals surface area contributed by atoms with E-state index in [1.54, 1.807) is 10.4 Å². The van der Waals surface area contributed by atoms with Crippen LogP contribution in [0.1, 0.15) is 41.1 Å². The van der Waals surface area contributed by atoms with E-state index in [0.717, 1.165) is 0 Å². The average Bonchev–Trinajstić information content (AvgIpc) is 2.57. The third kappa shape index (κ3) is 1.10. The molecule has 2 heteroatoms. The zero-order valence-electron chi connectivity index (χ0n) is 8.89. The molecule has 0 amide bonds. The van der Waals surface area contributed by atoms with Crippen LogP contribution < -0.4 is 5.32 Å². The summed E-state index contributed by atoms with van der Waals surface area (Å²) in [5.74, 6) is 0. The summed E-state index contributed by atoms with van der Waals surface area (Å²) in [5, 5.41) is 3.70. The fraction of sp³-hybridized carbons (Fsp3) is 0.667. The number of thiophene rings is 1. The van der Waals surface area contributed by atoms with Gasteiger partial charge in [-0.25, -0.2) is 0 Å². The molecular weight excluding hydrogens is 190 g/mol. The van der Waals surface area contributed by atoms with Crippen molar-refractivity contribution in [2.24, 2.45) is 5.41 Å². The SMILES string of the molecule is Cc1cc2c(s1)[C@H]1NCCC[C@@]1(C)C2. The van der Waals surface area contributed by atoms with Gasteiger partial charge in [-0.15, -0.1) is 11.3 Å². The van der Waals surface area contributed by atoms with Crippen LogP contribution in [0, 0.1) is 12.3 Å². The Labute approximate surface area is 89.5 Å². The molecule has 76 valence electrons. The van der Waals surface area contributed by atoms with Crippen molar-refractivity contribution in [3.05, 3.63) is 21.4 Å². The van der Waals surface area contributed by atoms with Gasteiger partial charge in [-0.1, -0.05) is 6.92 Å². The first-order chi connectivity index (χ1) is 6.69. The number of piperidine rings is 1. The fourth-order valence-electron chi connectivity index (χ4n) is 3.13. The topological polar surface area (TPSA) is 12.0 Å². The summed E-state index contributed by atoms with van der Waals surface area (Å²) >= 11 is 2.00. The molecular formula is C12H17NS. The van der Waals surface area contributed by atoms with Crippen molar-refractivity contribution in [3.8, 4) is 0 Å². The molecule has 0 aromatic carbocycles. The van der Waals surface area contributed by atoms with Crippen LogP contribution >= 0.6 is 11.3 Å². The molecule has 1 aliphatic heterocycles. The molecule has 1 aliphatic carbocycles. The second-order valence-corrected chi connectivity index (χ2v) is 6.36. The Bertz CT molecular complexity index is 368. The third-order valence-electron chi connectivity index (χ3n) is 3.79. The molecule has 2 heterocycles. The predicted molar refractivity (Wildman–Crippen MR) is 60.8 cm³/mol. The minimum Gasteiger partial charge on any atom is -0.309 e. The number of fused-ring (bicyclic) bond motifs is 3. The quantitative estimate of drug-likeness (QED) is 0.689. The first-order valence-electron chi connectivity index (χ1n) is 5.52. The van der Waals surface area contributed by atoms with Crippen molar-refractivity contribution in [3.63, 3.8) is 0 Å². The third-order valence-corrected chi connectivity index (χ3v) is 4.95. The van der Waals surface area contributed by atoms with E-state index < -0.39 is 0 Å². The van der Waals surface area contributed by atoms with Gasteiger partial charge in [-0.3, -0.25) is 0 Å². The lowest BCUT2D eigenvalue weighted by Gasteiger charge is -2.37. The van der Waals surface area contributed by atoms with Crippen molar-refractivity contribution in [2.45, 2.75) is 39.2 Å². The Morgan fingerprint density at radius 3 is 3.29 bits per heavy atom. The van der Waals surface area contributed by atoms with E-state index in [1.807, 2.05) is 11.3 Å². The first kappa shape index (κ1) is 8.93. The normalized spacial score (nSPS) is 35.4. The summed E-state index contributed by atoms with van der Waals surface area (Å²) in [4.78, 5) is 3.11. The van der Waals surface area contributed by atoms with Gasteiger partial charge in [-0.05, 0) is 49.8 Å². The number of aryl methyl sites for hydroxylation is 1. The second-order valence-electron chi connectivity index (χ2n) is 5.07. The summed E-state index contributed by atoms with van der Waals surface area (Å²) in [6, 6.07) is 3.05. The zero-order valence-corrected chi connectivity index (χ0v) is 9.71. The molecule has 1 aromatic heterocycles. The van der Waals surface area contributed by atoms with E-state index >= 15 is 0 Å². The molecule has 3 rings (SSSR count). The summed E-state index contributed by atoms with van der Waals surface area (Å²) in [6.45, 7) is 5.88. The Morgan fingerprint density at radius 2 is 2.43 bits per heavy atom. The van der Waals surface area contributed by atoms with E-state index in [4.69, 9.17) is 0 Å². The minimum atomic E-state index is 0.521. The lowest BCUT2D eigenvalue weighted by molar-refractivity contribution is 0.179. The monoisotopic (exact) mass is 207 g/mol. The highest BCUT2D eigenvalue weighted by Gasteiger charge is 2.44. The van der Waals surface area contributed by atoms with Gasteiger partial charge in [0.2, 0.25) is 0 Å². The lowest BCUT2D eigenvalue weighted by Crippen LogP contribution is -2.38. The first-order valence-corrected chi connectivity index (χ1v) is 6.33. The van der Waals surface area contributed by atoms with Crippen molar-refractivity contribution < 1.29 is 0 Å². The van der Waals surface area contributed by atoms with Gasteiger partial charge in [0.1, 0.15) is 0 Å². The van der Waals surface area contributed by atoms with Crippen molar-refractivity contribution in [2.75, 3.05) is 6.54 Å². The summed E-state index contributed by atoms with van der Waals surface area (Å²) in [6.07, 6.45) is 4.04. The summed E-state index contributed by atoms with van der Waals surface area (Å²) < 4.78 is 0. The van der Waals surface area contributed by atoms with Gasteiger partial charge >= 0.3 is 0 Å². The summed E-state index contributed by atoms with van der Waals surface area (Å²) in [5.41, 5.74) is 2.14. The Hall–Kier alpha value is -0.340. The highest BCUT2D eigenvalue weighted by molar-refractivity contribution is 7.12. The lowest BCUT2D eigenvalue weighted by atomic mass is 9.77. The fourth-order valence-corrected chi connectivity index (χ4v) is 4.43. The highest BCUT2D eigenvalue weighted by atomic mass is 32.1. The van der Waals surface area contributed by atoms with Crippen LogP contribution in [-0.4, -0.2) is 6.54 Å². The number of hydrogen-bond donors (Lipinski definition) is 1. The van der Waals surface area contributed by atoms with E-state index in [2.05, 4.69) is 25.2 Å². The van der Waals surface area contributed by atoms with Gasteiger partial charge in [0.25, 0.3) is 0 Å². The van der Waals surface area contributed by atoms with Crippen LogP contribution in [0.3, 0.4) is 0 Å².